The first-order valence-corrected chi connectivity index (χ1v) is 12.5. The molecule has 0 saturated carbocycles. The Morgan fingerprint density at radius 2 is 1.86 bits per heavy atom. The lowest BCUT2D eigenvalue weighted by molar-refractivity contribution is -0.138. The smallest absolute Gasteiger partial charge is 0.302 e. The molecule has 0 atom stereocenters. The van der Waals surface area contributed by atoms with E-state index in [0.717, 1.165) is 45.3 Å². The molecule has 200 valence electrons. The second-order valence-corrected chi connectivity index (χ2v) is 9.81. The molecule has 12 heteroatoms. The maximum atomic E-state index is 12.9. The van der Waals surface area contributed by atoms with Crippen molar-refractivity contribution in [3.05, 3.63) is 51.9 Å². The van der Waals surface area contributed by atoms with Gasteiger partial charge in [0.25, 0.3) is 5.91 Å². The van der Waals surface area contributed by atoms with Gasteiger partial charge >= 0.3 is 5.92 Å². The van der Waals surface area contributed by atoms with Crippen LogP contribution in [0.5, 0.6) is 0 Å². The summed E-state index contributed by atoms with van der Waals surface area (Å²) in [5, 5.41) is 10.8. The number of hydrazine groups is 1. The van der Waals surface area contributed by atoms with Crippen LogP contribution in [-0.2, 0) is 16.1 Å². The lowest BCUT2D eigenvalue weighted by Gasteiger charge is -2.27. The summed E-state index contributed by atoms with van der Waals surface area (Å²) in [5.74, 6) is -3.71. The van der Waals surface area contributed by atoms with E-state index < -0.39 is 11.7 Å². The molecule has 37 heavy (non-hydrogen) atoms. The Hall–Kier alpha value is -3.01. The monoisotopic (exact) mass is 580 g/mol. The Morgan fingerprint density at radius 1 is 1.27 bits per heavy atom. The van der Waals surface area contributed by atoms with E-state index in [9.17, 15) is 18.4 Å². The van der Waals surface area contributed by atoms with Gasteiger partial charge in [-0.05, 0) is 39.5 Å². The fraction of sp³-hybridized carbons (Fsp3) is 0.480. The summed E-state index contributed by atoms with van der Waals surface area (Å²) in [7, 11) is 0. The predicted octanol–water partition coefficient (Wildman–Crippen LogP) is 3.98. The number of carbonyl (C=O) groups is 2. The van der Waals surface area contributed by atoms with Crippen molar-refractivity contribution in [3.63, 3.8) is 0 Å². The summed E-state index contributed by atoms with van der Waals surface area (Å²) < 4.78 is 29.0. The van der Waals surface area contributed by atoms with Crippen LogP contribution in [0.15, 0.2) is 34.9 Å². The number of alkyl halides is 2. The molecule has 0 spiro atoms. The number of amides is 1. The van der Waals surface area contributed by atoms with Crippen molar-refractivity contribution in [3.8, 4) is 6.07 Å². The molecule has 0 radical (unpaired) electrons. The molecule has 9 nitrogen and oxygen atoms in total. The van der Waals surface area contributed by atoms with Crippen LogP contribution >= 0.6 is 15.9 Å². The molecule has 2 aromatic rings. The maximum Gasteiger partial charge on any atom is 0.302 e. The number of nitriles is 1. The van der Waals surface area contributed by atoms with Crippen molar-refractivity contribution in [1.82, 2.24) is 20.3 Å². The molecular weight excluding hydrogens is 550 g/mol. The average Bonchev–Trinajstić information content (AvgIpc) is 2.84. The highest BCUT2D eigenvalue weighted by molar-refractivity contribution is 9.10. The molecule has 1 aliphatic heterocycles. The number of benzene rings is 1. The first-order chi connectivity index (χ1) is 17.4. The van der Waals surface area contributed by atoms with Crippen molar-refractivity contribution in [2.24, 2.45) is 5.92 Å². The Labute approximate surface area is 223 Å². The number of nitrogens with one attached hydrogen (secondary N) is 1. The molecule has 3 rings (SSSR count). The van der Waals surface area contributed by atoms with Crippen LogP contribution in [0.1, 0.15) is 49.4 Å². The SMILES string of the molecule is CC(=O)C(C)(F)F.CC(C)CN(NC(=O)c1ccc(CN2CCOCC2)cc1)c1nc(C#N)ncc1Br. The van der Waals surface area contributed by atoms with Gasteiger partial charge < -0.3 is 4.74 Å². The van der Waals surface area contributed by atoms with Crippen LogP contribution in [0.4, 0.5) is 14.6 Å². The van der Waals surface area contributed by atoms with Crippen LogP contribution in [0.25, 0.3) is 0 Å². The van der Waals surface area contributed by atoms with E-state index in [1.54, 1.807) is 5.01 Å². The van der Waals surface area contributed by atoms with Crippen LogP contribution < -0.4 is 10.4 Å². The number of hydrogen-bond acceptors (Lipinski definition) is 8. The van der Waals surface area contributed by atoms with Gasteiger partial charge in [0.2, 0.25) is 5.82 Å². The molecular formula is C25H31BrF2N6O3. The fourth-order valence-electron chi connectivity index (χ4n) is 3.12. The number of Topliss-reactive ketones (excluding diaryl/α,β-unsaturated/α-hetero) is 1. The average molecular weight is 581 g/mol. The zero-order chi connectivity index (χ0) is 27.6. The van der Waals surface area contributed by atoms with Crippen LogP contribution in [0.2, 0.25) is 0 Å². The van der Waals surface area contributed by atoms with E-state index >= 15 is 0 Å². The summed E-state index contributed by atoms with van der Waals surface area (Å²) in [6.07, 6.45) is 1.51. The molecule has 1 saturated heterocycles. The molecule has 1 aliphatic rings. The van der Waals surface area contributed by atoms with Gasteiger partial charge in [-0.2, -0.15) is 19.0 Å². The topological polar surface area (TPSA) is 111 Å². The lowest BCUT2D eigenvalue weighted by atomic mass is 10.1. The number of nitrogens with zero attached hydrogens (tertiary/aromatic N) is 5. The number of anilines is 1. The largest absolute Gasteiger partial charge is 0.379 e. The number of halogens is 3. The molecule has 2 heterocycles. The predicted molar refractivity (Wildman–Crippen MR) is 138 cm³/mol. The minimum Gasteiger partial charge on any atom is -0.379 e. The molecule has 0 aliphatic carbocycles. The van der Waals surface area contributed by atoms with Crippen LogP contribution in [0.3, 0.4) is 0 Å². The van der Waals surface area contributed by atoms with Crippen molar-refractivity contribution in [1.29, 1.82) is 5.26 Å². The van der Waals surface area contributed by atoms with Gasteiger partial charge in [-0.15, -0.1) is 0 Å². The second kappa shape index (κ2) is 14.1. The van der Waals surface area contributed by atoms with E-state index in [1.807, 2.05) is 44.2 Å². The van der Waals surface area contributed by atoms with Crippen LogP contribution in [0, 0.1) is 17.2 Å². The zero-order valence-corrected chi connectivity index (χ0v) is 22.9. The van der Waals surface area contributed by atoms with Crippen molar-refractivity contribution in [2.75, 3.05) is 37.9 Å². The Bertz CT molecular complexity index is 1100. The molecule has 0 bridgehead atoms. The van der Waals surface area contributed by atoms with Crippen molar-refractivity contribution in [2.45, 2.75) is 40.2 Å². The molecule has 1 N–H and O–H groups in total. The Morgan fingerprint density at radius 3 is 2.38 bits per heavy atom. The Balaban J connectivity index is 0.000000604. The second-order valence-electron chi connectivity index (χ2n) is 8.95. The maximum absolute atomic E-state index is 12.9. The number of morpholine rings is 1. The van der Waals surface area contributed by atoms with Gasteiger partial charge in [0, 0.05) is 51.8 Å². The quantitative estimate of drug-likeness (QED) is 0.467. The zero-order valence-electron chi connectivity index (χ0n) is 21.3. The Kier molecular flexibility index (Phi) is 11.5. The van der Waals surface area contributed by atoms with Gasteiger partial charge in [0.05, 0.1) is 17.7 Å². The first kappa shape index (κ1) is 30.2. The molecule has 1 aromatic heterocycles. The minimum absolute atomic E-state index is 0.0451. The number of ketones is 1. The van der Waals surface area contributed by atoms with Gasteiger partial charge in [-0.1, -0.05) is 26.0 Å². The van der Waals surface area contributed by atoms with Gasteiger partial charge in [-0.3, -0.25) is 24.9 Å². The molecule has 1 aromatic carbocycles. The summed E-state index contributed by atoms with van der Waals surface area (Å²) in [5.41, 5.74) is 4.62. The van der Waals surface area contributed by atoms with E-state index in [2.05, 4.69) is 36.2 Å². The first-order valence-electron chi connectivity index (χ1n) is 11.7. The summed E-state index contributed by atoms with van der Waals surface area (Å²) in [6, 6.07) is 9.54. The fourth-order valence-corrected chi connectivity index (χ4v) is 3.52. The third-order valence-corrected chi connectivity index (χ3v) is 5.77. The number of hydrogen-bond donors (Lipinski definition) is 1. The standard InChI is InChI=1S/C21H25BrN6O2.C4H6F2O/c1-15(2)13-28(20-18(22)12-24-19(11-23)25-20)26-21(29)17-5-3-16(4-6-17)14-27-7-9-30-10-8-27;1-3(7)4(2,5)6/h3-6,12,15H,7-10,13-14H2,1-2H3,(H,26,29);1-2H3. The molecule has 0 unspecified atom stereocenters. The third-order valence-electron chi connectivity index (χ3n) is 5.21. The van der Waals surface area contributed by atoms with Crippen LogP contribution in [-0.4, -0.2) is 65.3 Å². The van der Waals surface area contributed by atoms with E-state index in [4.69, 9.17) is 10.00 Å². The van der Waals surface area contributed by atoms with Crippen molar-refractivity contribution < 1.29 is 23.1 Å². The van der Waals surface area contributed by atoms with Gasteiger partial charge in [0.1, 0.15) is 6.07 Å². The number of carbonyl (C=O) groups excluding carboxylic acids is 2. The highest BCUT2D eigenvalue weighted by Gasteiger charge is 2.26. The van der Waals surface area contributed by atoms with Gasteiger partial charge in [0.15, 0.2) is 11.6 Å². The number of ether oxygens (including phenoxy) is 1. The highest BCUT2D eigenvalue weighted by atomic mass is 79.9. The number of aromatic nitrogens is 2. The molecule has 1 fully saturated rings. The normalized spacial score (nSPS) is 13.8. The summed E-state index contributed by atoms with van der Waals surface area (Å²) >= 11 is 3.41. The van der Waals surface area contributed by atoms with Gasteiger partial charge in [-0.25, -0.2) is 4.98 Å². The summed E-state index contributed by atoms with van der Waals surface area (Å²) in [6.45, 7) is 10.3. The van der Waals surface area contributed by atoms with E-state index in [1.165, 1.54) is 6.20 Å². The highest BCUT2D eigenvalue weighted by Crippen LogP contribution is 2.23. The van der Waals surface area contributed by atoms with E-state index in [-0.39, 0.29) is 17.6 Å². The van der Waals surface area contributed by atoms with Crippen molar-refractivity contribution >= 4 is 33.4 Å². The lowest BCUT2D eigenvalue weighted by Crippen LogP contribution is -2.45. The number of rotatable bonds is 8. The summed E-state index contributed by atoms with van der Waals surface area (Å²) in [4.78, 5) is 33.1. The minimum atomic E-state index is -3.14. The third kappa shape index (κ3) is 10.1. The molecule has 1 amide bonds. The van der Waals surface area contributed by atoms with E-state index in [0.29, 0.717) is 29.3 Å².